The standard InChI is InChI=1S/C13H20INO2/c1-13(7-10-5-3-4-6-10)11(8-14)9-15(17-2)12(13)16/h8,10H,3-7,9H2,1-2H3/b11-8+. The first kappa shape index (κ1) is 13.3. The predicted molar refractivity (Wildman–Crippen MR) is 75.5 cm³/mol. The average Bonchev–Trinajstić information content (AvgIpc) is 2.89. The SMILES string of the molecule is CON1C/C(=C\I)C(C)(CC2CCCC2)C1=O. The second-order valence-corrected chi connectivity index (χ2v) is 5.97. The molecular weight excluding hydrogens is 329 g/mol. The summed E-state index contributed by atoms with van der Waals surface area (Å²) >= 11 is 2.24. The maximum Gasteiger partial charge on any atom is 0.256 e. The van der Waals surface area contributed by atoms with E-state index >= 15 is 0 Å². The summed E-state index contributed by atoms with van der Waals surface area (Å²) < 4.78 is 2.06. The van der Waals surface area contributed by atoms with Gasteiger partial charge in [0.25, 0.3) is 5.91 Å². The molecule has 4 heteroatoms. The number of hydrogen-bond acceptors (Lipinski definition) is 2. The Morgan fingerprint density at radius 1 is 1.53 bits per heavy atom. The molecule has 0 aromatic carbocycles. The van der Waals surface area contributed by atoms with Gasteiger partial charge in [0.2, 0.25) is 0 Å². The molecule has 1 aliphatic heterocycles. The Morgan fingerprint density at radius 3 is 2.71 bits per heavy atom. The van der Waals surface area contributed by atoms with Crippen molar-refractivity contribution in [2.45, 2.75) is 39.0 Å². The van der Waals surface area contributed by atoms with Crippen LogP contribution in [0.5, 0.6) is 0 Å². The molecule has 0 N–H and O–H groups in total. The zero-order chi connectivity index (χ0) is 12.5. The molecule has 1 amide bonds. The second-order valence-electron chi connectivity index (χ2n) is 5.35. The minimum Gasteiger partial charge on any atom is -0.274 e. The van der Waals surface area contributed by atoms with Crippen molar-refractivity contribution in [3.05, 3.63) is 9.66 Å². The molecular formula is C13H20INO2. The maximum atomic E-state index is 12.4. The van der Waals surface area contributed by atoms with E-state index in [4.69, 9.17) is 4.84 Å². The summed E-state index contributed by atoms with van der Waals surface area (Å²) in [4.78, 5) is 17.5. The molecule has 0 aromatic heterocycles. The number of halogens is 1. The van der Waals surface area contributed by atoms with Crippen molar-refractivity contribution >= 4 is 28.5 Å². The van der Waals surface area contributed by atoms with E-state index in [0.29, 0.717) is 12.5 Å². The minimum absolute atomic E-state index is 0.134. The average molecular weight is 349 g/mol. The zero-order valence-electron chi connectivity index (χ0n) is 10.5. The van der Waals surface area contributed by atoms with Crippen molar-refractivity contribution in [3.8, 4) is 0 Å². The summed E-state index contributed by atoms with van der Waals surface area (Å²) in [6, 6.07) is 0. The van der Waals surface area contributed by atoms with Gasteiger partial charge in [-0.2, -0.15) is 0 Å². The normalized spacial score (nSPS) is 33.0. The van der Waals surface area contributed by atoms with Crippen LogP contribution in [0.3, 0.4) is 0 Å². The van der Waals surface area contributed by atoms with Gasteiger partial charge < -0.3 is 0 Å². The number of hydroxylamine groups is 2. The van der Waals surface area contributed by atoms with E-state index in [1.54, 1.807) is 7.11 Å². The molecule has 0 bridgehead atoms. The molecule has 0 radical (unpaired) electrons. The van der Waals surface area contributed by atoms with E-state index in [1.165, 1.54) is 36.3 Å². The van der Waals surface area contributed by atoms with Crippen molar-refractivity contribution in [1.82, 2.24) is 5.06 Å². The molecule has 1 aliphatic carbocycles. The van der Waals surface area contributed by atoms with Gasteiger partial charge in [-0.05, 0) is 28.9 Å². The highest BCUT2D eigenvalue weighted by molar-refractivity contribution is 14.1. The van der Waals surface area contributed by atoms with Crippen molar-refractivity contribution in [3.63, 3.8) is 0 Å². The first-order chi connectivity index (χ1) is 8.11. The summed E-state index contributed by atoms with van der Waals surface area (Å²) in [5.74, 6) is 0.849. The quantitative estimate of drug-likeness (QED) is 0.732. The molecule has 96 valence electrons. The Hall–Kier alpha value is -0.100. The number of carbonyl (C=O) groups excluding carboxylic acids is 1. The highest BCUT2D eigenvalue weighted by atomic mass is 127. The van der Waals surface area contributed by atoms with Gasteiger partial charge in [-0.1, -0.05) is 48.3 Å². The molecule has 2 fully saturated rings. The smallest absolute Gasteiger partial charge is 0.256 e. The van der Waals surface area contributed by atoms with Crippen LogP contribution in [0.25, 0.3) is 0 Å². The van der Waals surface area contributed by atoms with E-state index in [-0.39, 0.29) is 11.3 Å². The van der Waals surface area contributed by atoms with Crippen LogP contribution in [0.2, 0.25) is 0 Å². The maximum absolute atomic E-state index is 12.4. The lowest BCUT2D eigenvalue weighted by molar-refractivity contribution is -0.173. The molecule has 1 atom stereocenters. The van der Waals surface area contributed by atoms with Gasteiger partial charge in [0.1, 0.15) is 0 Å². The second kappa shape index (κ2) is 5.26. The Labute approximate surface area is 117 Å². The molecule has 1 saturated carbocycles. The highest BCUT2D eigenvalue weighted by Crippen LogP contribution is 2.45. The van der Waals surface area contributed by atoms with Gasteiger partial charge in [-0.3, -0.25) is 9.63 Å². The highest BCUT2D eigenvalue weighted by Gasteiger charge is 2.48. The minimum atomic E-state index is -0.327. The Morgan fingerprint density at radius 2 is 2.18 bits per heavy atom. The number of rotatable bonds is 3. The van der Waals surface area contributed by atoms with Crippen LogP contribution < -0.4 is 0 Å². The van der Waals surface area contributed by atoms with Gasteiger partial charge in [0.05, 0.1) is 19.1 Å². The Bertz CT molecular complexity index is 336. The molecule has 1 saturated heterocycles. The van der Waals surface area contributed by atoms with Gasteiger partial charge in [-0.15, -0.1) is 0 Å². The molecule has 1 heterocycles. The number of nitrogens with zero attached hydrogens (tertiary/aromatic N) is 1. The van der Waals surface area contributed by atoms with Crippen LogP contribution in [0.1, 0.15) is 39.0 Å². The molecule has 17 heavy (non-hydrogen) atoms. The lowest BCUT2D eigenvalue weighted by Crippen LogP contribution is -2.33. The summed E-state index contributed by atoms with van der Waals surface area (Å²) in [5, 5.41) is 1.50. The van der Waals surface area contributed by atoms with E-state index < -0.39 is 0 Å². The first-order valence-electron chi connectivity index (χ1n) is 6.27. The Balaban J connectivity index is 2.17. The van der Waals surface area contributed by atoms with Crippen LogP contribution in [-0.2, 0) is 9.63 Å². The molecule has 3 nitrogen and oxygen atoms in total. The van der Waals surface area contributed by atoms with Gasteiger partial charge in [0, 0.05) is 0 Å². The monoisotopic (exact) mass is 349 g/mol. The molecule has 2 aliphatic rings. The third-order valence-corrected chi connectivity index (χ3v) is 5.00. The number of hydrogen-bond donors (Lipinski definition) is 0. The molecule has 0 spiro atoms. The predicted octanol–water partition coefficient (Wildman–Crippen LogP) is 3.30. The Kier molecular flexibility index (Phi) is 4.13. The zero-order valence-corrected chi connectivity index (χ0v) is 12.7. The largest absolute Gasteiger partial charge is 0.274 e. The lowest BCUT2D eigenvalue weighted by atomic mass is 9.76. The topological polar surface area (TPSA) is 29.5 Å². The fraction of sp³-hybridized carbons (Fsp3) is 0.769. The molecule has 1 unspecified atom stereocenters. The van der Waals surface area contributed by atoms with Crippen molar-refractivity contribution < 1.29 is 9.63 Å². The third-order valence-electron chi connectivity index (χ3n) is 4.24. The summed E-state index contributed by atoms with van der Waals surface area (Å²) in [6.07, 6.45) is 6.20. The fourth-order valence-electron chi connectivity index (χ4n) is 3.13. The van der Waals surface area contributed by atoms with Crippen LogP contribution in [0.4, 0.5) is 0 Å². The van der Waals surface area contributed by atoms with Crippen molar-refractivity contribution in [1.29, 1.82) is 0 Å². The number of amides is 1. The summed E-state index contributed by atoms with van der Waals surface area (Å²) in [7, 11) is 1.57. The van der Waals surface area contributed by atoms with Crippen LogP contribution in [0.15, 0.2) is 9.66 Å². The van der Waals surface area contributed by atoms with Crippen LogP contribution in [-0.4, -0.2) is 24.6 Å². The van der Waals surface area contributed by atoms with E-state index in [1.807, 2.05) is 0 Å². The van der Waals surface area contributed by atoms with E-state index in [2.05, 4.69) is 33.6 Å². The summed E-state index contributed by atoms with van der Waals surface area (Å²) in [5.41, 5.74) is 0.878. The van der Waals surface area contributed by atoms with Gasteiger partial charge in [0.15, 0.2) is 0 Å². The van der Waals surface area contributed by atoms with E-state index in [0.717, 1.165) is 6.42 Å². The molecule has 0 aromatic rings. The summed E-state index contributed by atoms with van der Waals surface area (Å²) in [6.45, 7) is 2.71. The van der Waals surface area contributed by atoms with Crippen LogP contribution in [0, 0.1) is 11.3 Å². The molecule has 2 rings (SSSR count). The van der Waals surface area contributed by atoms with Gasteiger partial charge in [-0.25, -0.2) is 5.06 Å². The lowest BCUT2D eigenvalue weighted by Gasteiger charge is -2.26. The van der Waals surface area contributed by atoms with E-state index in [9.17, 15) is 4.79 Å². The number of carbonyl (C=O) groups is 1. The third kappa shape index (κ3) is 2.38. The van der Waals surface area contributed by atoms with Crippen molar-refractivity contribution in [2.75, 3.05) is 13.7 Å². The first-order valence-corrected chi connectivity index (χ1v) is 7.52. The fourth-order valence-corrected chi connectivity index (χ4v) is 4.01. The van der Waals surface area contributed by atoms with Gasteiger partial charge >= 0.3 is 0 Å². The van der Waals surface area contributed by atoms with Crippen LogP contribution >= 0.6 is 22.6 Å². The van der Waals surface area contributed by atoms with Crippen molar-refractivity contribution in [2.24, 2.45) is 11.3 Å².